The second kappa shape index (κ2) is 5.71. The molecule has 106 valence electrons. The number of aromatic nitrogens is 5. The number of H-pyrrole nitrogens is 2. The van der Waals surface area contributed by atoms with Gasteiger partial charge in [0, 0.05) is 11.9 Å². The number of rotatable bonds is 4. The van der Waals surface area contributed by atoms with Crippen molar-refractivity contribution in [1.29, 1.82) is 0 Å². The minimum atomic E-state index is 0.397. The maximum atomic E-state index is 5.18. The lowest BCUT2D eigenvalue weighted by Gasteiger charge is -1.95. The van der Waals surface area contributed by atoms with Crippen molar-refractivity contribution in [3.05, 3.63) is 46.8 Å². The van der Waals surface area contributed by atoms with E-state index in [4.69, 9.17) is 16.6 Å². The molecule has 0 aromatic carbocycles. The van der Waals surface area contributed by atoms with Gasteiger partial charge >= 0.3 is 0 Å². The van der Waals surface area contributed by atoms with Crippen LogP contribution in [0.3, 0.4) is 0 Å². The molecule has 0 bridgehead atoms. The molecule has 3 heterocycles. The zero-order chi connectivity index (χ0) is 14.7. The fraction of sp³-hybridized carbons (Fsp3) is 0.0769. The van der Waals surface area contributed by atoms with Crippen LogP contribution in [0.4, 0.5) is 0 Å². The Morgan fingerprint density at radius 2 is 2.29 bits per heavy atom. The van der Waals surface area contributed by atoms with E-state index in [1.807, 2.05) is 25.1 Å². The van der Waals surface area contributed by atoms with Gasteiger partial charge in [0.1, 0.15) is 11.5 Å². The summed E-state index contributed by atoms with van der Waals surface area (Å²) in [5, 5.41) is 18.1. The van der Waals surface area contributed by atoms with E-state index in [9.17, 15) is 0 Å². The minimum Gasteiger partial charge on any atom is -0.465 e. The molecule has 0 radical (unpaired) electrons. The van der Waals surface area contributed by atoms with Gasteiger partial charge in [-0.05, 0) is 49.5 Å². The molecule has 8 heteroatoms. The lowest BCUT2D eigenvalue weighted by molar-refractivity contribution is 0.557. The minimum absolute atomic E-state index is 0.397. The smallest absolute Gasteiger partial charge is 0.216 e. The fourth-order valence-corrected chi connectivity index (χ4v) is 1.91. The number of aryl methyl sites for hydroxylation is 1. The number of nitrogens with one attached hydrogen (secondary N) is 2. The summed E-state index contributed by atoms with van der Waals surface area (Å²) in [7, 11) is 0. The molecular formula is C13H12N6OS. The molecule has 3 aromatic rings. The maximum Gasteiger partial charge on any atom is 0.216 e. The number of hydrogen-bond donors (Lipinski definition) is 2. The molecule has 0 fully saturated rings. The van der Waals surface area contributed by atoms with E-state index in [1.54, 1.807) is 24.6 Å². The summed E-state index contributed by atoms with van der Waals surface area (Å²) >= 11 is 5.16. The molecule has 0 aliphatic carbocycles. The van der Waals surface area contributed by atoms with E-state index >= 15 is 0 Å². The molecule has 0 saturated heterocycles. The molecule has 2 N–H and O–H groups in total. The summed E-state index contributed by atoms with van der Waals surface area (Å²) in [6.07, 6.45) is 6.77. The SMILES string of the molecule is Cc1cc(-c2n[nH]c(=S)n2N=CC=Cc2ccco2)n[nH]1. The van der Waals surface area contributed by atoms with Gasteiger partial charge in [-0.2, -0.15) is 20.0 Å². The normalized spacial score (nSPS) is 11.9. The van der Waals surface area contributed by atoms with Crippen LogP contribution in [0.2, 0.25) is 0 Å². The van der Waals surface area contributed by atoms with Crippen LogP contribution < -0.4 is 0 Å². The Morgan fingerprint density at radius 3 is 3.00 bits per heavy atom. The number of aromatic amines is 2. The van der Waals surface area contributed by atoms with Crippen LogP contribution in [-0.2, 0) is 0 Å². The van der Waals surface area contributed by atoms with E-state index in [0.717, 1.165) is 11.5 Å². The summed E-state index contributed by atoms with van der Waals surface area (Å²) in [5.74, 6) is 1.30. The molecule has 3 rings (SSSR count). The molecule has 21 heavy (non-hydrogen) atoms. The third-order valence-electron chi connectivity index (χ3n) is 2.66. The number of hydrogen-bond acceptors (Lipinski definition) is 5. The van der Waals surface area contributed by atoms with Crippen LogP contribution in [-0.4, -0.2) is 31.3 Å². The third kappa shape index (κ3) is 2.90. The molecule has 7 nitrogen and oxygen atoms in total. The van der Waals surface area contributed by atoms with E-state index in [0.29, 0.717) is 16.3 Å². The van der Waals surface area contributed by atoms with E-state index < -0.39 is 0 Å². The lowest BCUT2D eigenvalue weighted by Crippen LogP contribution is -1.93. The Bertz CT molecular complexity index is 836. The zero-order valence-corrected chi connectivity index (χ0v) is 12.0. The van der Waals surface area contributed by atoms with Crippen LogP contribution in [0.5, 0.6) is 0 Å². The van der Waals surface area contributed by atoms with Crippen LogP contribution in [0, 0.1) is 11.7 Å². The first-order valence-electron chi connectivity index (χ1n) is 6.18. The van der Waals surface area contributed by atoms with Gasteiger partial charge in [0.15, 0.2) is 0 Å². The van der Waals surface area contributed by atoms with Crippen LogP contribution in [0.25, 0.3) is 17.6 Å². The van der Waals surface area contributed by atoms with Gasteiger partial charge < -0.3 is 4.42 Å². The average molecular weight is 300 g/mol. The van der Waals surface area contributed by atoms with E-state index in [-0.39, 0.29) is 0 Å². The Kier molecular flexibility index (Phi) is 3.61. The highest BCUT2D eigenvalue weighted by molar-refractivity contribution is 7.71. The molecule has 0 saturated carbocycles. The van der Waals surface area contributed by atoms with Crippen LogP contribution in [0.15, 0.2) is 40.1 Å². The predicted octanol–water partition coefficient (Wildman–Crippen LogP) is 2.78. The summed E-state index contributed by atoms with van der Waals surface area (Å²) in [6, 6.07) is 5.54. The average Bonchev–Trinajstić information content (AvgIpc) is 3.17. The molecule has 0 unspecified atom stereocenters. The van der Waals surface area contributed by atoms with E-state index in [1.165, 1.54) is 4.68 Å². The van der Waals surface area contributed by atoms with E-state index in [2.05, 4.69) is 25.5 Å². The maximum absolute atomic E-state index is 5.18. The monoisotopic (exact) mass is 300 g/mol. The Morgan fingerprint density at radius 1 is 1.38 bits per heavy atom. The fourth-order valence-electron chi connectivity index (χ4n) is 1.73. The number of allylic oxidation sites excluding steroid dienone is 1. The highest BCUT2D eigenvalue weighted by Crippen LogP contribution is 2.14. The molecule has 0 aliphatic heterocycles. The van der Waals surface area contributed by atoms with Crippen molar-refractivity contribution in [3.8, 4) is 11.5 Å². The van der Waals surface area contributed by atoms with Gasteiger partial charge in [0.2, 0.25) is 10.6 Å². The van der Waals surface area contributed by atoms with Crippen molar-refractivity contribution in [1.82, 2.24) is 25.1 Å². The van der Waals surface area contributed by atoms with Crippen LogP contribution >= 0.6 is 12.2 Å². The largest absolute Gasteiger partial charge is 0.465 e. The molecular weight excluding hydrogens is 288 g/mol. The number of nitrogens with zero attached hydrogens (tertiary/aromatic N) is 4. The second-order valence-electron chi connectivity index (χ2n) is 4.24. The summed E-state index contributed by atoms with van der Waals surface area (Å²) in [6.45, 7) is 1.91. The molecule has 0 spiro atoms. The topological polar surface area (TPSA) is 87.8 Å². The zero-order valence-electron chi connectivity index (χ0n) is 11.1. The standard InChI is InChI=1S/C13H12N6OS/c1-9-8-11(16-15-9)12-17-18-13(21)19(12)14-6-2-4-10-5-3-7-20-10/h2-8H,1H3,(H,15,16)(H,18,21). The van der Waals surface area contributed by atoms with Gasteiger partial charge in [0.25, 0.3) is 0 Å². The first-order valence-corrected chi connectivity index (χ1v) is 6.59. The predicted molar refractivity (Wildman–Crippen MR) is 81.4 cm³/mol. The van der Waals surface area contributed by atoms with Crippen molar-refractivity contribution in [2.75, 3.05) is 0 Å². The molecule has 3 aromatic heterocycles. The van der Waals surface area contributed by atoms with Crippen molar-refractivity contribution in [2.45, 2.75) is 6.92 Å². The highest BCUT2D eigenvalue weighted by atomic mass is 32.1. The van der Waals surface area contributed by atoms with Gasteiger partial charge in [-0.3, -0.25) is 5.10 Å². The van der Waals surface area contributed by atoms with Crippen LogP contribution in [0.1, 0.15) is 11.5 Å². The summed E-state index contributed by atoms with van der Waals surface area (Å²) in [4.78, 5) is 0. The van der Waals surface area contributed by atoms with Gasteiger partial charge in [-0.25, -0.2) is 5.10 Å². The molecule has 0 amide bonds. The number of furan rings is 1. The third-order valence-corrected chi connectivity index (χ3v) is 2.92. The van der Waals surface area contributed by atoms with Crippen molar-refractivity contribution < 1.29 is 4.42 Å². The summed E-state index contributed by atoms with van der Waals surface area (Å²) in [5.41, 5.74) is 1.61. The first-order chi connectivity index (χ1) is 10.2. The Labute approximate surface area is 125 Å². The van der Waals surface area contributed by atoms with Crippen molar-refractivity contribution >= 4 is 24.5 Å². The van der Waals surface area contributed by atoms with Gasteiger partial charge in [-0.15, -0.1) is 0 Å². The highest BCUT2D eigenvalue weighted by Gasteiger charge is 2.10. The Hall–Kier alpha value is -2.74. The van der Waals surface area contributed by atoms with Crippen molar-refractivity contribution in [3.63, 3.8) is 0 Å². The Balaban J connectivity index is 1.85. The second-order valence-corrected chi connectivity index (χ2v) is 4.63. The quantitative estimate of drug-likeness (QED) is 0.573. The lowest BCUT2D eigenvalue weighted by atomic mass is 10.3. The van der Waals surface area contributed by atoms with Gasteiger partial charge in [0.05, 0.1) is 6.26 Å². The van der Waals surface area contributed by atoms with Gasteiger partial charge in [-0.1, -0.05) is 0 Å². The molecule has 0 atom stereocenters. The summed E-state index contributed by atoms with van der Waals surface area (Å²) < 4.78 is 7.09. The van der Waals surface area contributed by atoms with Crippen molar-refractivity contribution in [2.24, 2.45) is 5.10 Å². The molecule has 0 aliphatic rings. The first kappa shape index (κ1) is 13.3.